The Morgan fingerprint density at radius 1 is 1.64 bits per heavy atom. The van der Waals surface area contributed by atoms with Gasteiger partial charge in [0.1, 0.15) is 13.2 Å². The van der Waals surface area contributed by atoms with E-state index >= 15 is 0 Å². The Hall–Kier alpha value is -0.770. The van der Waals surface area contributed by atoms with Crippen LogP contribution in [0.4, 0.5) is 8.78 Å². The molecule has 0 saturated heterocycles. The van der Waals surface area contributed by atoms with Gasteiger partial charge in [0.05, 0.1) is 0 Å². The molecule has 0 aliphatic rings. The number of rotatable bonds is 5. The standard InChI is InChI=1S/C7H10F2O2/c1-5(2)6(10)3-11-4-7(8)9/h7H,1,3-4H2,2H3. The minimum Gasteiger partial charge on any atom is -0.367 e. The third-order valence-electron chi connectivity index (χ3n) is 0.953. The molecule has 0 heterocycles. The van der Waals surface area contributed by atoms with Crippen molar-refractivity contribution in [2.24, 2.45) is 0 Å². The van der Waals surface area contributed by atoms with Crippen molar-refractivity contribution >= 4 is 5.78 Å². The average molecular weight is 164 g/mol. The third kappa shape index (κ3) is 5.66. The molecule has 2 nitrogen and oxygen atoms in total. The number of Topliss-reactive ketones (excluding diaryl/α,β-unsaturated/α-hetero) is 1. The van der Waals surface area contributed by atoms with E-state index in [0.717, 1.165) is 0 Å². The van der Waals surface area contributed by atoms with Crippen molar-refractivity contribution in [1.29, 1.82) is 0 Å². The Labute approximate surface area is 63.8 Å². The Morgan fingerprint density at radius 2 is 2.18 bits per heavy atom. The molecular formula is C7H10F2O2. The molecule has 64 valence electrons. The summed E-state index contributed by atoms with van der Waals surface area (Å²) in [5.41, 5.74) is 0.319. The van der Waals surface area contributed by atoms with Crippen LogP contribution in [0.25, 0.3) is 0 Å². The summed E-state index contributed by atoms with van der Waals surface area (Å²) in [6.07, 6.45) is -2.52. The third-order valence-corrected chi connectivity index (χ3v) is 0.953. The van der Waals surface area contributed by atoms with E-state index in [-0.39, 0.29) is 12.4 Å². The molecule has 0 aromatic heterocycles. The number of ketones is 1. The lowest BCUT2D eigenvalue weighted by atomic mass is 10.2. The van der Waals surface area contributed by atoms with Gasteiger partial charge in [-0.25, -0.2) is 8.78 Å². The van der Waals surface area contributed by atoms with E-state index in [1.165, 1.54) is 6.92 Å². The average Bonchev–Trinajstić information content (AvgIpc) is 1.86. The van der Waals surface area contributed by atoms with E-state index in [4.69, 9.17) is 0 Å². The summed E-state index contributed by atoms with van der Waals surface area (Å²) in [6.45, 7) is 3.84. The molecule has 0 fully saturated rings. The minimum absolute atomic E-state index is 0.306. The van der Waals surface area contributed by atoms with E-state index in [9.17, 15) is 13.6 Å². The highest BCUT2D eigenvalue weighted by Gasteiger charge is 2.05. The number of alkyl halides is 2. The summed E-state index contributed by atoms with van der Waals surface area (Å²) in [5.74, 6) is -0.342. The Balaban J connectivity index is 3.40. The zero-order valence-electron chi connectivity index (χ0n) is 6.27. The van der Waals surface area contributed by atoms with Crippen molar-refractivity contribution in [3.63, 3.8) is 0 Å². The van der Waals surface area contributed by atoms with E-state index in [1.807, 2.05) is 0 Å². The summed E-state index contributed by atoms with van der Waals surface area (Å²) in [5, 5.41) is 0. The van der Waals surface area contributed by atoms with Crippen molar-refractivity contribution in [3.05, 3.63) is 12.2 Å². The molecule has 0 atom stereocenters. The SMILES string of the molecule is C=C(C)C(=O)COCC(F)F. The first-order chi connectivity index (χ1) is 5.04. The van der Waals surface area contributed by atoms with Gasteiger partial charge in [0.2, 0.25) is 0 Å². The van der Waals surface area contributed by atoms with Crippen molar-refractivity contribution in [2.75, 3.05) is 13.2 Å². The molecule has 0 aromatic rings. The fraction of sp³-hybridized carbons (Fsp3) is 0.571. The lowest BCUT2D eigenvalue weighted by Crippen LogP contribution is -2.13. The molecule has 0 bridgehead atoms. The minimum atomic E-state index is -2.52. The van der Waals surface area contributed by atoms with Gasteiger partial charge in [-0.15, -0.1) is 0 Å². The lowest BCUT2D eigenvalue weighted by molar-refractivity contribution is -0.121. The Bertz CT molecular complexity index is 155. The molecule has 0 N–H and O–H groups in total. The van der Waals surface area contributed by atoms with Gasteiger partial charge >= 0.3 is 0 Å². The molecule has 0 saturated carbocycles. The molecule has 11 heavy (non-hydrogen) atoms. The molecular weight excluding hydrogens is 154 g/mol. The predicted molar refractivity (Wildman–Crippen MR) is 36.6 cm³/mol. The van der Waals surface area contributed by atoms with Crippen LogP contribution >= 0.6 is 0 Å². The quantitative estimate of drug-likeness (QED) is 0.574. The highest BCUT2D eigenvalue weighted by Crippen LogP contribution is 1.95. The van der Waals surface area contributed by atoms with Gasteiger partial charge < -0.3 is 4.74 Å². The number of hydrogen-bond acceptors (Lipinski definition) is 2. The van der Waals surface area contributed by atoms with Gasteiger partial charge in [0, 0.05) is 0 Å². The summed E-state index contributed by atoms with van der Waals surface area (Å²) in [7, 11) is 0. The molecule has 0 amide bonds. The number of ether oxygens (including phenoxy) is 1. The van der Waals surface area contributed by atoms with Crippen LogP contribution in [0.5, 0.6) is 0 Å². The van der Waals surface area contributed by atoms with E-state index in [0.29, 0.717) is 5.57 Å². The first kappa shape index (κ1) is 10.2. The lowest BCUT2D eigenvalue weighted by Gasteiger charge is -2.01. The molecule has 0 spiro atoms. The topological polar surface area (TPSA) is 26.3 Å². The van der Waals surface area contributed by atoms with Crippen LogP contribution in [-0.2, 0) is 9.53 Å². The van der Waals surface area contributed by atoms with Crippen molar-refractivity contribution < 1.29 is 18.3 Å². The maximum absolute atomic E-state index is 11.4. The van der Waals surface area contributed by atoms with Crippen LogP contribution in [0, 0.1) is 0 Å². The van der Waals surface area contributed by atoms with Crippen LogP contribution in [0.15, 0.2) is 12.2 Å². The number of carbonyl (C=O) groups excluding carboxylic acids is 1. The smallest absolute Gasteiger partial charge is 0.261 e. The highest BCUT2D eigenvalue weighted by molar-refractivity contribution is 5.95. The van der Waals surface area contributed by atoms with E-state index < -0.39 is 13.0 Å². The molecule has 0 unspecified atom stereocenters. The fourth-order valence-corrected chi connectivity index (χ4v) is 0.364. The second-order valence-corrected chi connectivity index (χ2v) is 2.11. The van der Waals surface area contributed by atoms with Crippen LogP contribution in [0.3, 0.4) is 0 Å². The maximum Gasteiger partial charge on any atom is 0.261 e. The monoisotopic (exact) mass is 164 g/mol. The fourth-order valence-electron chi connectivity index (χ4n) is 0.364. The highest BCUT2D eigenvalue weighted by atomic mass is 19.3. The van der Waals surface area contributed by atoms with Gasteiger partial charge in [-0.2, -0.15) is 0 Å². The van der Waals surface area contributed by atoms with E-state index in [2.05, 4.69) is 11.3 Å². The Morgan fingerprint density at radius 3 is 2.55 bits per heavy atom. The first-order valence-electron chi connectivity index (χ1n) is 3.08. The molecule has 0 aromatic carbocycles. The molecule has 4 heteroatoms. The number of hydrogen-bond donors (Lipinski definition) is 0. The van der Waals surface area contributed by atoms with Crippen LogP contribution < -0.4 is 0 Å². The zero-order valence-corrected chi connectivity index (χ0v) is 6.27. The Kier molecular flexibility index (Phi) is 4.61. The van der Waals surface area contributed by atoms with E-state index in [1.54, 1.807) is 0 Å². The van der Waals surface area contributed by atoms with Gasteiger partial charge in [0.15, 0.2) is 5.78 Å². The second kappa shape index (κ2) is 4.96. The van der Waals surface area contributed by atoms with Crippen molar-refractivity contribution in [3.8, 4) is 0 Å². The normalized spacial score (nSPS) is 10.2. The van der Waals surface area contributed by atoms with Crippen LogP contribution in [0.1, 0.15) is 6.92 Å². The number of carbonyl (C=O) groups is 1. The first-order valence-corrected chi connectivity index (χ1v) is 3.08. The summed E-state index contributed by atoms with van der Waals surface area (Å²) in [6, 6.07) is 0. The van der Waals surface area contributed by atoms with Crippen molar-refractivity contribution in [1.82, 2.24) is 0 Å². The maximum atomic E-state index is 11.4. The summed E-state index contributed by atoms with van der Waals surface area (Å²) < 4.78 is 27.2. The summed E-state index contributed by atoms with van der Waals surface area (Å²) in [4.78, 5) is 10.7. The zero-order chi connectivity index (χ0) is 8.85. The van der Waals surface area contributed by atoms with Crippen molar-refractivity contribution in [2.45, 2.75) is 13.3 Å². The number of halogens is 2. The van der Waals surface area contributed by atoms with Gasteiger partial charge in [-0.1, -0.05) is 6.58 Å². The largest absolute Gasteiger partial charge is 0.367 e. The van der Waals surface area contributed by atoms with Crippen LogP contribution in [0.2, 0.25) is 0 Å². The molecule has 0 aliphatic heterocycles. The molecule has 0 radical (unpaired) electrons. The van der Waals surface area contributed by atoms with Gasteiger partial charge in [-0.05, 0) is 12.5 Å². The van der Waals surface area contributed by atoms with Crippen LogP contribution in [-0.4, -0.2) is 25.4 Å². The second-order valence-electron chi connectivity index (χ2n) is 2.11. The van der Waals surface area contributed by atoms with Gasteiger partial charge in [0.25, 0.3) is 6.43 Å². The predicted octanol–water partition coefficient (Wildman–Crippen LogP) is 1.41. The molecule has 0 rings (SSSR count). The summed E-state index contributed by atoms with van der Waals surface area (Å²) >= 11 is 0. The van der Waals surface area contributed by atoms with Gasteiger partial charge in [-0.3, -0.25) is 4.79 Å². The molecule has 0 aliphatic carbocycles.